The van der Waals surface area contributed by atoms with Crippen molar-refractivity contribution in [2.75, 3.05) is 6.61 Å². The third-order valence-corrected chi connectivity index (χ3v) is 4.94. The Morgan fingerprint density at radius 2 is 1.74 bits per heavy atom. The lowest BCUT2D eigenvalue weighted by Crippen LogP contribution is -2.61. The van der Waals surface area contributed by atoms with E-state index in [0.29, 0.717) is 6.42 Å². The first-order valence-corrected chi connectivity index (χ1v) is 9.79. The van der Waals surface area contributed by atoms with Crippen LogP contribution >= 0.6 is 7.82 Å². The Morgan fingerprint density at radius 1 is 1.11 bits per heavy atom. The Labute approximate surface area is 155 Å². The predicted molar refractivity (Wildman–Crippen MR) is 90.6 cm³/mol. The maximum absolute atomic E-state index is 11.7. The molecule has 6 N–H and O–H groups in total. The Bertz CT molecular complexity index is 662. The van der Waals surface area contributed by atoms with E-state index in [-0.39, 0.29) is 6.42 Å². The van der Waals surface area contributed by atoms with Crippen molar-refractivity contribution in [2.45, 2.75) is 43.4 Å². The number of phosphoric ester groups is 1. The zero-order chi connectivity index (χ0) is 20.2. The van der Waals surface area contributed by atoms with Crippen molar-refractivity contribution >= 4 is 13.8 Å². The number of hydrogen-bond acceptors (Lipinski definition) is 7. The SMILES string of the molecule is O=C(O)C(CCc1ccccc1)C1OC(COP(=O)(O)O)C(O)C(O)C1O. The molecule has 1 heterocycles. The first-order valence-electron chi connectivity index (χ1n) is 8.26. The maximum Gasteiger partial charge on any atom is 0.469 e. The summed E-state index contributed by atoms with van der Waals surface area (Å²) in [6.45, 7) is -0.781. The van der Waals surface area contributed by atoms with Crippen molar-refractivity contribution in [1.82, 2.24) is 0 Å². The van der Waals surface area contributed by atoms with Gasteiger partial charge in [0.15, 0.2) is 0 Å². The van der Waals surface area contributed by atoms with Gasteiger partial charge in [0.05, 0.1) is 18.6 Å². The molecule has 0 saturated carbocycles. The number of ether oxygens (including phenoxy) is 1. The van der Waals surface area contributed by atoms with Crippen molar-refractivity contribution in [3.63, 3.8) is 0 Å². The molecule has 0 bridgehead atoms. The lowest BCUT2D eigenvalue weighted by Gasteiger charge is -2.42. The van der Waals surface area contributed by atoms with Gasteiger partial charge in [-0.15, -0.1) is 0 Å². The molecule has 6 atom stereocenters. The van der Waals surface area contributed by atoms with E-state index in [9.17, 15) is 29.8 Å². The summed E-state index contributed by atoms with van der Waals surface area (Å²) in [6.07, 6.45) is -7.51. The van der Waals surface area contributed by atoms with E-state index in [0.717, 1.165) is 5.56 Å². The fourth-order valence-electron chi connectivity index (χ4n) is 3.02. The first-order chi connectivity index (χ1) is 12.6. The van der Waals surface area contributed by atoms with Crippen molar-refractivity contribution in [3.8, 4) is 0 Å². The molecule has 1 fully saturated rings. The van der Waals surface area contributed by atoms with Crippen LogP contribution in [0, 0.1) is 5.92 Å². The summed E-state index contributed by atoms with van der Waals surface area (Å²) in [6, 6.07) is 9.04. The Kier molecular flexibility index (Phi) is 7.49. The number of benzene rings is 1. The number of carboxylic acid groups (broad SMARTS) is 1. The fraction of sp³-hybridized carbons (Fsp3) is 0.562. The highest BCUT2D eigenvalue weighted by Gasteiger charge is 2.48. The summed E-state index contributed by atoms with van der Waals surface area (Å²) in [5.74, 6) is -2.49. The van der Waals surface area contributed by atoms with Crippen LogP contribution in [0.2, 0.25) is 0 Å². The number of phosphoric acid groups is 1. The average molecular weight is 406 g/mol. The molecule has 1 aliphatic rings. The number of aliphatic hydroxyl groups excluding tert-OH is 3. The Morgan fingerprint density at radius 3 is 2.30 bits per heavy atom. The molecule has 1 saturated heterocycles. The van der Waals surface area contributed by atoms with Crippen LogP contribution < -0.4 is 0 Å². The normalized spacial score (nSPS) is 30.0. The summed E-state index contributed by atoms with van der Waals surface area (Å²) in [5.41, 5.74) is 0.871. The van der Waals surface area contributed by atoms with Crippen LogP contribution in [0.3, 0.4) is 0 Å². The minimum atomic E-state index is -4.86. The van der Waals surface area contributed by atoms with Crippen LogP contribution in [-0.2, 0) is 25.0 Å². The van der Waals surface area contributed by atoms with Gasteiger partial charge in [0.25, 0.3) is 0 Å². The molecule has 27 heavy (non-hydrogen) atoms. The highest BCUT2D eigenvalue weighted by molar-refractivity contribution is 7.46. The van der Waals surface area contributed by atoms with E-state index in [1.54, 1.807) is 12.1 Å². The average Bonchev–Trinajstić information content (AvgIpc) is 2.60. The summed E-state index contributed by atoms with van der Waals surface area (Å²) in [5, 5.41) is 39.7. The summed E-state index contributed by atoms with van der Waals surface area (Å²) in [7, 11) is -4.86. The van der Waals surface area contributed by atoms with Crippen molar-refractivity contribution < 1.29 is 48.8 Å². The van der Waals surface area contributed by atoms with Gasteiger partial charge in [-0.25, -0.2) is 4.57 Å². The van der Waals surface area contributed by atoms with Gasteiger partial charge in [-0.05, 0) is 18.4 Å². The molecule has 0 aliphatic carbocycles. The largest absolute Gasteiger partial charge is 0.481 e. The van der Waals surface area contributed by atoms with Gasteiger partial charge in [0, 0.05) is 0 Å². The predicted octanol–water partition coefficient (Wildman–Crippen LogP) is -0.721. The molecule has 2 rings (SSSR count). The summed E-state index contributed by atoms with van der Waals surface area (Å²) in [4.78, 5) is 29.2. The molecule has 11 heteroatoms. The second-order valence-electron chi connectivity index (χ2n) is 6.37. The number of hydrogen-bond donors (Lipinski definition) is 6. The van der Waals surface area contributed by atoms with Crippen LogP contribution in [0.5, 0.6) is 0 Å². The third kappa shape index (κ3) is 6.06. The number of aliphatic carboxylic acids is 1. The van der Waals surface area contributed by atoms with Gasteiger partial charge in [-0.3, -0.25) is 9.32 Å². The van der Waals surface area contributed by atoms with Crippen molar-refractivity contribution in [1.29, 1.82) is 0 Å². The lowest BCUT2D eigenvalue weighted by molar-refractivity contribution is -0.241. The van der Waals surface area contributed by atoms with E-state index in [1.165, 1.54) is 0 Å². The zero-order valence-electron chi connectivity index (χ0n) is 14.2. The Balaban J connectivity index is 2.12. The number of aliphatic hydroxyl groups is 3. The standard InChI is InChI=1S/C16H23O10P/c17-12-11(8-25-27(22,23)24)26-15(14(19)13(12)18)10(16(20)21)7-6-9-4-2-1-3-5-9/h1-5,10-15,17-19H,6-8H2,(H,20,21)(H2,22,23,24). The van der Waals surface area contributed by atoms with E-state index < -0.39 is 56.8 Å². The summed E-state index contributed by atoms with van der Waals surface area (Å²) >= 11 is 0. The topological polar surface area (TPSA) is 174 Å². The van der Waals surface area contributed by atoms with E-state index in [4.69, 9.17) is 14.5 Å². The molecule has 0 amide bonds. The first kappa shape index (κ1) is 21.9. The molecule has 10 nitrogen and oxygen atoms in total. The van der Waals surface area contributed by atoms with Crippen molar-refractivity contribution in [3.05, 3.63) is 35.9 Å². The quantitative estimate of drug-likeness (QED) is 0.302. The molecule has 0 aromatic heterocycles. The molecule has 1 aliphatic heterocycles. The third-order valence-electron chi connectivity index (χ3n) is 4.46. The molecule has 0 radical (unpaired) electrons. The lowest BCUT2D eigenvalue weighted by atomic mass is 9.85. The van der Waals surface area contributed by atoms with Gasteiger partial charge in [-0.1, -0.05) is 30.3 Å². The molecular formula is C16H23O10P. The van der Waals surface area contributed by atoms with Crippen LogP contribution in [0.1, 0.15) is 12.0 Å². The van der Waals surface area contributed by atoms with Gasteiger partial charge < -0.3 is 34.9 Å². The number of carbonyl (C=O) groups is 1. The summed E-state index contributed by atoms with van der Waals surface area (Å²) < 4.78 is 20.5. The molecular weight excluding hydrogens is 383 g/mol. The highest BCUT2D eigenvalue weighted by Crippen LogP contribution is 2.37. The Hall–Kier alpha value is -1.36. The molecule has 1 aromatic rings. The number of aryl methyl sites for hydroxylation is 1. The van der Waals surface area contributed by atoms with Crippen LogP contribution in [0.15, 0.2) is 30.3 Å². The molecule has 1 aromatic carbocycles. The van der Waals surface area contributed by atoms with Gasteiger partial charge in [0.1, 0.15) is 24.4 Å². The van der Waals surface area contributed by atoms with Crippen LogP contribution in [-0.4, -0.2) is 73.3 Å². The monoisotopic (exact) mass is 406 g/mol. The highest BCUT2D eigenvalue weighted by atomic mass is 31.2. The maximum atomic E-state index is 11.7. The smallest absolute Gasteiger partial charge is 0.469 e. The number of rotatable bonds is 8. The van der Waals surface area contributed by atoms with E-state index >= 15 is 0 Å². The van der Waals surface area contributed by atoms with Crippen molar-refractivity contribution in [2.24, 2.45) is 5.92 Å². The minimum absolute atomic E-state index is 0.0793. The zero-order valence-corrected chi connectivity index (χ0v) is 15.1. The van der Waals surface area contributed by atoms with Gasteiger partial charge >= 0.3 is 13.8 Å². The van der Waals surface area contributed by atoms with Crippen LogP contribution in [0.4, 0.5) is 0 Å². The van der Waals surface area contributed by atoms with E-state index in [2.05, 4.69) is 4.52 Å². The van der Waals surface area contributed by atoms with Gasteiger partial charge in [-0.2, -0.15) is 0 Å². The molecule has 152 valence electrons. The molecule has 0 spiro atoms. The van der Waals surface area contributed by atoms with Gasteiger partial charge in [0.2, 0.25) is 0 Å². The minimum Gasteiger partial charge on any atom is -0.481 e. The fourth-order valence-corrected chi connectivity index (χ4v) is 3.36. The van der Waals surface area contributed by atoms with Crippen LogP contribution in [0.25, 0.3) is 0 Å². The van der Waals surface area contributed by atoms with E-state index in [1.807, 2.05) is 18.2 Å². The molecule has 6 unspecified atom stereocenters. The second-order valence-corrected chi connectivity index (χ2v) is 7.61. The second kappa shape index (κ2) is 9.22. The number of carboxylic acids is 1.